The second-order valence-corrected chi connectivity index (χ2v) is 4.91. The third kappa shape index (κ3) is 2.15. The van der Waals surface area contributed by atoms with Gasteiger partial charge in [0, 0.05) is 12.1 Å². The van der Waals surface area contributed by atoms with E-state index in [0.717, 1.165) is 0 Å². The Balaban J connectivity index is 2.14. The molecule has 1 nitrogen and oxygen atoms in total. The van der Waals surface area contributed by atoms with Crippen LogP contribution in [-0.4, -0.2) is 6.04 Å². The Morgan fingerprint density at radius 1 is 1.31 bits per heavy atom. The lowest BCUT2D eigenvalue weighted by atomic mass is 10.0. The van der Waals surface area contributed by atoms with Crippen molar-refractivity contribution in [2.45, 2.75) is 58.5 Å². The predicted octanol–water partition coefficient (Wildman–Crippen LogP) is 3.76. The van der Waals surface area contributed by atoms with Crippen molar-refractivity contribution in [3.05, 3.63) is 34.9 Å². The summed E-state index contributed by atoms with van der Waals surface area (Å²) in [5.41, 5.74) is 4.60. The van der Waals surface area contributed by atoms with E-state index in [1.807, 2.05) is 0 Å². The van der Waals surface area contributed by atoms with Crippen molar-refractivity contribution in [3.63, 3.8) is 0 Å². The second kappa shape index (κ2) is 5.01. The zero-order chi connectivity index (χ0) is 11.5. The third-order valence-corrected chi connectivity index (χ3v) is 3.93. The summed E-state index contributed by atoms with van der Waals surface area (Å²) >= 11 is 0. The summed E-state index contributed by atoms with van der Waals surface area (Å²) in [7, 11) is 0. The van der Waals surface area contributed by atoms with Crippen molar-refractivity contribution in [3.8, 4) is 0 Å². The Bertz CT molecular complexity index is 352. The molecule has 0 amide bonds. The fourth-order valence-corrected chi connectivity index (χ4v) is 2.82. The van der Waals surface area contributed by atoms with Crippen LogP contribution in [0.5, 0.6) is 0 Å². The van der Waals surface area contributed by atoms with E-state index < -0.39 is 0 Å². The lowest BCUT2D eigenvalue weighted by Gasteiger charge is -2.21. The van der Waals surface area contributed by atoms with Crippen LogP contribution in [0.1, 0.15) is 55.8 Å². The average Bonchev–Trinajstić information content (AvgIpc) is 2.71. The minimum absolute atomic E-state index is 0.597. The summed E-state index contributed by atoms with van der Waals surface area (Å²) in [6.07, 6.45) is 4.98. The highest BCUT2D eigenvalue weighted by molar-refractivity contribution is 5.40. The van der Waals surface area contributed by atoms with Gasteiger partial charge >= 0.3 is 0 Å². The summed E-state index contributed by atoms with van der Waals surface area (Å²) in [6.45, 7) is 6.78. The van der Waals surface area contributed by atoms with Gasteiger partial charge in [-0.3, -0.25) is 0 Å². The van der Waals surface area contributed by atoms with Gasteiger partial charge < -0.3 is 5.32 Å². The first kappa shape index (κ1) is 11.7. The molecule has 1 atom stereocenters. The molecular formula is C15H23N. The van der Waals surface area contributed by atoms with E-state index in [1.165, 1.54) is 31.2 Å². The highest BCUT2D eigenvalue weighted by Crippen LogP contribution is 2.33. The Labute approximate surface area is 99.3 Å². The van der Waals surface area contributed by atoms with Gasteiger partial charge in [-0.25, -0.2) is 0 Å². The molecule has 0 saturated heterocycles. The molecule has 1 aromatic carbocycles. The lowest BCUT2D eigenvalue weighted by molar-refractivity contribution is 0.413. The Morgan fingerprint density at radius 3 is 2.75 bits per heavy atom. The molecule has 0 fully saturated rings. The maximum Gasteiger partial charge on any atom is 0.0328 e. The van der Waals surface area contributed by atoms with Gasteiger partial charge in [0.15, 0.2) is 0 Å². The summed E-state index contributed by atoms with van der Waals surface area (Å²) in [4.78, 5) is 0. The molecule has 0 aliphatic heterocycles. The minimum atomic E-state index is 0.597. The zero-order valence-electron chi connectivity index (χ0n) is 10.7. The highest BCUT2D eigenvalue weighted by atomic mass is 15.0. The number of hydrogen-bond acceptors (Lipinski definition) is 1. The van der Waals surface area contributed by atoms with Gasteiger partial charge in [-0.1, -0.05) is 32.0 Å². The van der Waals surface area contributed by atoms with Crippen LogP contribution < -0.4 is 5.32 Å². The normalized spacial score (nSPS) is 19.1. The van der Waals surface area contributed by atoms with E-state index in [-0.39, 0.29) is 0 Å². The molecule has 1 heteroatoms. The van der Waals surface area contributed by atoms with Crippen LogP contribution in [0.4, 0.5) is 0 Å². The number of fused-ring (bicyclic) bond motifs is 1. The average molecular weight is 217 g/mol. The molecule has 0 heterocycles. The summed E-state index contributed by atoms with van der Waals surface area (Å²) in [5, 5.41) is 3.80. The van der Waals surface area contributed by atoms with Gasteiger partial charge in [-0.2, -0.15) is 0 Å². The number of nitrogens with one attached hydrogen (secondary N) is 1. The van der Waals surface area contributed by atoms with Gasteiger partial charge in [-0.05, 0) is 49.3 Å². The first-order chi connectivity index (χ1) is 7.76. The van der Waals surface area contributed by atoms with Gasteiger partial charge in [0.25, 0.3) is 0 Å². The molecule has 0 saturated carbocycles. The van der Waals surface area contributed by atoms with Crippen LogP contribution in [0.15, 0.2) is 18.2 Å². The molecule has 1 aliphatic rings. The van der Waals surface area contributed by atoms with Crippen molar-refractivity contribution in [2.75, 3.05) is 0 Å². The number of hydrogen-bond donors (Lipinski definition) is 1. The quantitative estimate of drug-likeness (QED) is 0.809. The molecule has 0 bridgehead atoms. The van der Waals surface area contributed by atoms with Gasteiger partial charge in [-0.15, -0.1) is 0 Å². The fraction of sp³-hybridized carbons (Fsp3) is 0.600. The fourth-order valence-electron chi connectivity index (χ4n) is 2.82. The van der Waals surface area contributed by atoms with E-state index in [9.17, 15) is 0 Å². The maximum atomic E-state index is 3.80. The molecule has 1 aliphatic carbocycles. The smallest absolute Gasteiger partial charge is 0.0328 e. The summed E-state index contributed by atoms with van der Waals surface area (Å²) in [5.74, 6) is 0. The van der Waals surface area contributed by atoms with Gasteiger partial charge in [0.2, 0.25) is 0 Å². The van der Waals surface area contributed by atoms with Crippen molar-refractivity contribution in [2.24, 2.45) is 0 Å². The van der Waals surface area contributed by atoms with Gasteiger partial charge in [0.1, 0.15) is 0 Å². The van der Waals surface area contributed by atoms with Crippen molar-refractivity contribution < 1.29 is 0 Å². The van der Waals surface area contributed by atoms with Crippen LogP contribution in [0.2, 0.25) is 0 Å². The lowest BCUT2D eigenvalue weighted by Crippen LogP contribution is -2.30. The molecule has 2 rings (SSSR count). The summed E-state index contributed by atoms with van der Waals surface area (Å²) < 4.78 is 0. The molecule has 0 spiro atoms. The third-order valence-electron chi connectivity index (χ3n) is 3.93. The Kier molecular flexibility index (Phi) is 3.65. The van der Waals surface area contributed by atoms with E-state index in [4.69, 9.17) is 0 Å². The minimum Gasteiger partial charge on any atom is -0.307 e. The predicted molar refractivity (Wildman–Crippen MR) is 69.7 cm³/mol. The van der Waals surface area contributed by atoms with Crippen LogP contribution in [0.3, 0.4) is 0 Å². The SMILES string of the molecule is CCC(CC)NC1CCc2c(C)cccc21. The molecule has 0 radical (unpaired) electrons. The Hall–Kier alpha value is -0.820. The van der Waals surface area contributed by atoms with Crippen molar-refractivity contribution in [1.82, 2.24) is 5.32 Å². The van der Waals surface area contributed by atoms with Crippen LogP contribution in [0, 0.1) is 6.92 Å². The maximum absolute atomic E-state index is 3.80. The second-order valence-electron chi connectivity index (χ2n) is 4.91. The first-order valence-corrected chi connectivity index (χ1v) is 6.60. The Morgan fingerprint density at radius 2 is 2.06 bits per heavy atom. The molecule has 1 aromatic rings. The van der Waals surface area contributed by atoms with E-state index in [0.29, 0.717) is 12.1 Å². The van der Waals surface area contributed by atoms with Gasteiger partial charge in [0.05, 0.1) is 0 Å². The molecule has 16 heavy (non-hydrogen) atoms. The van der Waals surface area contributed by atoms with Crippen LogP contribution >= 0.6 is 0 Å². The summed E-state index contributed by atoms with van der Waals surface area (Å²) in [6, 6.07) is 8.01. The highest BCUT2D eigenvalue weighted by Gasteiger charge is 2.24. The number of aryl methyl sites for hydroxylation is 1. The molecule has 88 valence electrons. The topological polar surface area (TPSA) is 12.0 Å². The first-order valence-electron chi connectivity index (χ1n) is 6.60. The molecule has 0 aromatic heterocycles. The van der Waals surface area contributed by atoms with Crippen LogP contribution in [-0.2, 0) is 6.42 Å². The monoisotopic (exact) mass is 217 g/mol. The van der Waals surface area contributed by atoms with E-state index in [1.54, 1.807) is 11.1 Å². The largest absolute Gasteiger partial charge is 0.307 e. The number of benzene rings is 1. The van der Waals surface area contributed by atoms with Crippen molar-refractivity contribution in [1.29, 1.82) is 0 Å². The van der Waals surface area contributed by atoms with E-state index >= 15 is 0 Å². The zero-order valence-corrected chi connectivity index (χ0v) is 10.7. The molecule has 1 unspecified atom stereocenters. The standard InChI is InChI=1S/C15H23N/c1-4-12(5-2)16-15-10-9-13-11(3)7-6-8-14(13)15/h6-8,12,15-16H,4-5,9-10H2,1-3H3. The van der Waals surface area contributed by atoms with Crippen molar-refractivity contribution >= 4 is 0 Å². The molecule has 1 N–H and O–H groups in total. The molecular weight excluding hydrogens is 194 g/mol. The van der Waals surface area contributed by atoms with Crippen LogP contribution in [0.25, 0.3) is 0 Å². The van der Waals surface area contributed by atoms with E-state index in [2.05, 4.69) is 44.3 Å². The number of rotatable bonds is 4.